The van der Waals surface area contributed by atoms with Gasteiger partial charge in [0, 0.05) is 31.3 Å². The topological polar surface area (TPSA) is 57.2 Å². The second-order valence-electron chi connectivity index (χ2n) is 9.52. The van der Waals surface area contributed by atoms with E-state index in [0.717, 1.165) is 18.5 Å². The predicted molar refractivity (Wildman–Crippen MR) is 132 cm³/mol. The van der Waals surface area contributed by atoms with Crippen LogP contribution < -0.4 is 18.9 Å². The van der Waals surface area contributed by atoms with Gasteiger partial charge < -0.3 is 18.9 Å². The van der Waals surface area contributed by atoms with Crippen LogP contribution in [0.5, 0.6) is 23.0 Å². The Morgan fingerprint density at radius 1 is 0.971 bits per heavy atom. The number of nitrogens with zero attached hydrogens (tertiary/aromatic N) is 1. The molecule has 6 heteroatoms. The molecule has 1 fully saturated rings. The Labute approximate surface area is 203 Å². The first-order valence-electron chi connectivity index (χ1n) is 12.1. The summed E-state index contributed by atoms with van der Waals surface area (Å²) in [6.45, 7) is 7.52. The second kappa shape index (κ2) is 9.49. The molecule has 2 aliphatic heterocycles. The third kappa shape index (κ3) is 3.63. The van der Waals surface area contributed by atoms with Crippen LogP contribution in [0.1, 0.15) is 62.6 Å². The van der Waals surface area contributed by atoms with Gasteiger partial charge in [0.2, 0.25) is 0 Å². The van der Waals surface area contributed by atoms with Gasteiger partial charge in [-0.3, -0.25) is 9.69 Å². The molecule has 6 nitrogen and oxygen atoms in total. The van der Waals surface area contributed by atoms with Gasteiger partial charge >= 0.3 is 0 Å². The third-order valence-corrected chi connectivity index (χ3v) is 8.14. The van der Waals surface area contributed by atoms with Crippen LogP contribution in [0.25, 0.3) is 0 Å². The number of rotatable bonds is 7. The number of benzene rings is 2. The van der Waals surface area contributed by atoms with Crippen molar-refractivity contribution >= 4 is 5.78 Å². The summed E-state index contributed by atoms with van der Waals surface area (Å²) < 4.78 is 22.6. The van der Waals surface area contributed by atoms with Crippen LogP contribution in [0.15, 0.2) is 30.3 Å². The number of carbonyl (C=O) groups is 1. The molecule has 0 radical (unpaired) electrons. The molecule has 0 spiro atoms. The maximum atomic E-state index is 12.9. The molecule has 34 heavy (non-hydrogen) atoms. The van der Waals surface area contributed by atoms with Crippen LogP contribution in [-0.4, -0.2) is 51.7 Å². The zero-order valence-corrected chi connectivity index (χ0v) is 21.4. The van der Waals surface area contributed by atoms with Crippen molar-refractivity contribution in [1.29, 1.82) is 0 Å². The average molecular weight is 468 g/mol. The molecule has 0 saturated carbocycles. The molecule has 2 aromatic rings. The van der Waals surface area contributed by atoms with E-state index < -0.39 is 0 Å². The van der Waals surface area contributed by atoms with Gasteiger partial charge in [-0.25, -0.2) is 0 Å². The summed E-state index contributed by atoms with van der Waals surface area (Å²) in [5, 5.41) is 0. The summed E-state index contributed by atoms with van der Waals surface area (Å²) in [6.07, 6.45) is 2.09. The SMILES string of the molecule is CCC(C)C12CC(=O)CCN1C(C)C(c1ccc(OC)c(OC)c1)c1cc(OC)c(OC)cc12. The molecule has 2 aromatic carbocycles. The quantitative estimate of drug-likeness (QED) is 0.561. The van der Waals surface area contributed by atoms with E-state index in [2.05, 4.69) is 49.9 Å². The Kier molecular flexibility index (Phi) is 6.81. The molecular formula is C28H37NO5. The molecule has 0 N–H and O–H groups in total. The molecule has 2 heterocycles. The molecule has 0 bridgehead atoms. The number of fused-ring (bicyclic) bond motifs is 3. The largest absolute Gasteiger partial charge is 0.493 e. The molecule has 0 aromatic heterocycles. The second-order valence-corrected chi connectivity index (χ2v) is 9.52. The fourth-order valence-corrected chi connectivity index (χ4v) is 6.28. The van der Waals surface area contributed by atoms with E-state index in [9.17, 15) is 4.79 Å². The van der Waals surface area contributed by atoms with E-state index in [1.807, 2.05) is 6.07 Å². The van der Waals surface area contributed by atoms with Gasteiger partial charge in [-0.2, -0.15) is 0 Å². The van der Waals surface area contributed by atoms with E-state index in [-0.39, 0.29) is 17.5 Å². The maximum Gasteiger partial charge on any atom is 0.161 e. The van der Waals surface area contributed by atoms with Crippen LogP contribution >= 0.6 is 0 Å². The van der Waals surface area contributed by atoms with Gasteiger partial charge in [0.05, 0.1) is 34.0 Å². The van der Waals surface area contributed by atoms with Crippen LogP contribution in [0, 0.1) is 5.92 Å². The Morgan fingerprint density at radius 2 is 1.59 bits per heavy atom. The number of ether oxygens (including phenoxy) is 4. The van der Waals surface area contributed by atoms with Gasteiger partial charge in [-0.15, -0.1) is 0 Å². The van der Waals surface area contributed by atoms with E-state index in [0.29, 0.717) is 47.5 Å². The van der Waals surface area contributed by atoms with Gasteiger partial charge in [0.1, 0.15) is 5.78 Å². The molecular weight excluding hydrogens is 430 g/mol. The maximum absolute atomic E-state index is 12.9. The lowest BCUT2D eigenvalue weighted by Gasteiger charge is -2.58. The predicted octanol–water partition coefficient (Wildman–Crippen LogP) is 5.16. The minimum atomic E-state index is -0.370. The van der Waals surface area contributed by atoms with Crippen molar-refractivity contribution < 1.29 is 23.7 Å². The van der Waals surface area contributed by atoms with Gasteiger partial charge in [0.15, 0.2) is 23.0 Å². The van der Waals surface area contributed by atoms with Crippen molar-refractivity contribution in [2.24, 2.45) is 5.92 Å². The third-order valence-electron chi connectivity index (χ3n) is 8.14. The van der Waals surface area contributed by atoms with E-state index in [4.69, 9.17) is 18.9 Å². The molecule has 1 saturated heterocycles. The van der Waals surface area contributed by atoms with Gasteiger partial charge in [-0.05, 0) is 53.8 Å². The van der Waals surface area contributed by atoms with Crippen molar-refractivity contribution in [2.75, 3.05) is 35.0 Å². The standard InChI is InChI=1S/C28H37NO5/c1-8-17(2)28-16-20(30)11-12-29(28)18(3)27(19-9-10-23(31-4)24(13-19)32-5)21-14-25(33-6)26(34-7)15-22(21)28/h9-10,13-15,17-18,27H,8,11-12,16H2,1-7H3. The minimum absolute atomic E-state index is 0.0694. The molecule has 4 unspecified atom stereocenters. The summed E-state index contributed by atoms with van der Waals surface area (Å²) in [6, 6.07) is 10.6. The van der Waals surface area contributed by atoms with Crippen molar-refractivity contribution in [3.8, 4) is 23.0 Å². The number of carbonyl (C=O) groups excluding carboxylic acids is 1. The number of hydrogen-bond acceptors (Lipinski definition) is 6. The fraction of sp³-hybridized carbons (Fsp3) is 0.536. The Balaban J connectivity index is 2.02. The highest BCUT2D eigenvalue weighted by atomic mass is 16.5. The lowest BCUT2D eigenvalue weighted by atomic mass is 9.62. The molecule has 0 aliphatic carbocycles. The normalized spacial score (nSPS) is 25.2. The van der Waals surface area contributed by atoms with Crippen molar-refractivity contribution in [3.63, 3.8) is 0 Å². The zero-order valence-electron chi connectivity index (χ0n) is 21.4. The number of piperidine rings is 1. The summed E-state index contributed by atoms with van der Waals surface area (Å²) in [5.41, 5.74) is 3.13. The minimum Gasteiger partial charge on any atom is -0.493 e. The first kappa shape index (κ1) is 24.4. The lowest BCUT2D eigenvalue weighted by molar-refractivity contribution is -0.133. The van der Waals surface area contributed by atoms with Crippen LogP contribution in [-0.2, 0) is 10.3 Å². The lowest BCUT2D eigenvalue weighted by Crippen LogP contribution is -2.62. The highest BCUT2D eigenvalue weighted by Gasteiger charge is 2.54. The molecule has 4 rings (SSSR count). The monoisotopic (exact) mass is 467 g/mol. The van der Waals surface area contributed by atoms with E-state index in [1.165, 1.54) is 11.1 Å². The van der Waals surface area contributed by atoms with Crippen molar-refractivity contribution in [2.45, 2.75) is 57.5 Å². The van der Waals surface area contributed by atoms with Crippen molar-refractivity contribution in [1.82, 2.24) is 4.90 Å². The molecule has 184 valence electrons. The molecule has 2 aliphatic rings. The summed E-state index contributed by atoms with van der Waals surface area (Å²) >= 11 is 0. The van der Waals surface area contributed by atoms with Gasteiger partial charge in [0.25, 0.3) is 0 Å². The van der Waals surface area contributed by atoms with Crippen LogP contribution in [0.2, 0.25) is 0 Å². The summed E-state index contributed by atoms with van der Waals surface area (Å²) in [7, 11) is 6.65. The zero-order chi connectivity index (χ0) is 24.6. The smallest absolute Gasteiger partial charge is 0.161 e. The fourth-order valence-electron chi connectivity index (χ4n) is 6.28. The highest BCUT2D eigenvalue weighted by molar-refractivity contribution is 5.82. The van der Waals surface area contributed by atoms with Crippen LogP contribution in [0.4, 0.5) is 0 Å². The number of ketones is 1. The first-order valence-corrected chi connectivity index (χ1v) is 12.1. The van der Waals surface area contributed by atoms with Crippen molar-refractivity contribution in [3.05, 3.63) is 47.0 Å². The van der Waals surface area contributed by atoms with E-state index >= 15 is 0 Å². The Morgan fingerprint density at radius 3 is 2.21 bits per heavy atom. The first-order chi connectivity index (χ1) is 16.4. The number of hydrogen-bond donors (Lipinski definition) is 0. The number of Topliss-reactive ketones (excluding diaryl/α,β-unsaturated/α-hetero) is 1. The Hall–Kier alpha value is -2.73. The van der Waals surface area contributed by atoms with E-state index in [1.54, 1.807) is 28.4 Å². The number of methoxy groups -OCH3 is 4. The summed E-state index contributed by atoms with van der Waals surface area (Å²) in [5.74, 6) is 3.51. The summed E-state index contributed by atoms with van der Waals surface area (Å²) in [4.78, 5) is 15.5. The molecule has 0 amide bonds. The average Bonchev–Trinajstić information content (AvgIpc) is 2.86. The Bertz CT molecular complexity index is 1070. The highest BCUT2D eigenvalue weighted by Crippen LogP contribution is 2.56. The molecule has 4 atom stereocenters. The van der Waals surface area contributed by atoms with Gasteiger partial charge in [-0.1, -0.05) is 26.3 Å². The van der Waals surface area contributed by atoms with Crippen LogP contribution in [0.3, 0.4) is 0 Å².